The lowest BCUT2D eigenvalue weighted by Gasteiger charge is -2.14. The van der Waals surface area contributed by atoms with Crippen molar-refractivity contribution in [1.29, 1.82) is 0 Å². The van der Waals surface area contributed by atoms with E-state index in [1.807, 2.05) is 12.1 Å². The molecule has 122 valence electrons. The van der Waals surface area contributed by atoms with Crippen molar-refractivity contribution < 1.29 is 4.79 Å². The van der Waals surface area contributed by atoms with Crippen molar-refractivity contribution >= 4 is 16.8 Å². The Kier molecular flexibility index (Phi) is 4.08. The van der Waals surface area contributed by atoms with Crippen molar-refractivity contribution in [2.45, 2.75) is 38.5 Å². The van der Waals surface area contributed by atoms with Crippen LogP contribution in [0, 0.1) is 0 Å². The standard InChI is InChI=1S/C19H25N3O/c23-19(20-10-13-22-11-3-4-12-22)16-8-5-7-15-14-6-1-2-9-17(14)21-18(15)16/h5,7-8,21H,1-4,6,9-13H2,(H,20,23). The number of para-hydroxylation sites is 1. The van der Waals surface area contributed by atoms with Crippen molar-refractivity contribution in [2.24, 2.45) is 0 Å². The first-order valence-electron chi connectivity index (χ1n) is 8.96. The van der Waals surface area contributed by atoms with E-state index in [2.05, 4.69) is 21.3 Å². The first-order valence-corrected chi connectivity index (χ1v) is 8.96. The first-order chi connectivity index (χ1) is 11.3. The summed E-state index contributed by atoms with van der Waals surface area (Å²) in [6, 6.07) is 6.10. The Morgan fingerprint density at radius 1 is 1.13 bits per heavy atom. The van der Waals surface area contributed by atoms with Gasteiger partial charge in [-0.15, -0.1) is 0 Å². The molecular formula is C19H25N3O. The average molecular weight is 311 g/mol. The number of benzene rings is 1. The second-order valence-electron chi connectivity index (χ2n) is 6.82. The lowest BCUT2D eigenvalue weighted by Crippen LogP contribution is -2.33. The fourth-order valence-corrected chi connectivity index (χ4v) is 4.05. The van der Waals surface area contributed by atoms with Crippen molar-refractivity contribution in [3.8, 4) is 0 Å². The molecule has 1 amide bonds. The topological polar surface area (TPSA) is 48.1 Å². The second-order valence-corrected chi connectivity index (χ2v) is 6.82. The van der Waals surface area contributed by atoms with E-state index in [1.165, 1.54) is 55.4 Å². The summed E-state index contributed by atoms with van der Waals surface area (Å²) < 4.78 is 0. The summed E-state index contributed by atoms with van der Waals surface area (Å²) in [5, 5.41) is 4.34. The molecule has 1 aliphatic carbocycles. The maximum Gasteiger partial charge on any atom is 0.253 e. The number of nitrogens with one attached hydrogen (secondary N) is 2. The number of hydrogen-bond donors (Lipinski definition) is 2. The molecule has 1 aromatic carbocycles. The van der Waals surface area contributed by atoms with E-state index in [1.54, 1.807) is 0 Å². The molecule has 2 aliphatic rings. The lowest BCUT2D eigenvalue weighted by atomic mass is 9.95. The van der Waals surface area contributed by atoms with Gasteiger partial charge in [-0.25, -0.2) is 0 Å². The van der Waals surface area contributed by atoms with Crippen LogP contribution in [0.3, 0.4) is 0 Å². The Hall–Kier alpha value is -1.81. The third-order valence-electron chi connectivity index (χ3n) is 5.29. The van der Waals surface area contributed by atoms with E-state index < -0.39 is 0 Å². The monoisotopic (exact) mass is 311 g/mol. The highest BCUT2D eigenvalue weighted by Crippen LogP contribution is 2.30. The molecule has 0 saturated carbocycles. The molecule has 1 aliphatic heterocycles. The first kappa shape index (κ1) is 14.8. The van der Waals surface area contributed by atoms with Crippen LogP contribution in [0.25, 0.3) is 10.9 Å². The Morgan fingerprint density at radius 3 is 2.83 bits per heavy atom. The van der Waals surface area contributed by atoms with Crippen LogP contribution in [0.4, 0.5) is 0 Å². The number of aromatic amines is 1. The highest BCUT2D eigenvalue weighted by Gasteiger charge is 2.19. The van der Waals surface area contributed by atoms with Gasteiger partial charge in [0.05, 0.1) is 11.1 Å². The molecule has 0 atom stereocenters. The Bertz CT molecular complexity index is 713. The Balaban J connectivity index is 1.51. The Morgan fingerprint density at radius 2 is 1.96 bits per heavy atom. The van der Waals surface area contributed by atoms with Gasteiger partial charge in [0.2, 0.25) is 0 Å². The number of fused-ring (bicyclic) bond motifs is 3. The quantitative estimate of drug-likeness (QED) is 0.912. The van der Waals surface area contributed by atoms with Gasteiger partial charge < -0.3 is 15.2 Å². The van der Waals surface area contributed by atoms with E-state index in [0.717, 1.165) is 37.0 Å². The third kappa shape index (κ3) is 2.88. The molecule has 1 aromatic heterocycles. The molecule has 2 N–H and O–H groups in total. The molecule has 0 bridgehead atoms. The van der Waals surface area contributed by atoms with Gasteiger partial charge in [-0.3, -0.25) is 4.79 Å². The van der Waals surface area contributed by atoms with Gasteiger partial charge in [0.15, 0.2) is 0 Å². The van der Waals surface area contributed by atoms with Crippen LogP contribution >= 0.6 is 0 Å². The van der Waals surface area contributed by atoms with Crippen molar-refractivity contribution in [3.05, 3.63) is 35.0 Å². The van der Waals surface area contributed by atoms with E-state index >= 15 is 0 Å². The van der Waals surface area contributed by atoms with E-state index in [0.29, 0.717) is 0 Å². The van der Waals surface area contributed by atoms with Gasteiger partial charge in [0.25, 0.3) is 5.91 Å². The molecule has 0 unspecified atom stereocenters. The molecule has 0 spiro atoms. The van der Waals surface area contributed by atoms with Crippen LogP contribution < -0.4 is 5.32 Å². The van der Waals surface area contributed by atoms with Gasteiger partial charge in [-0.2, -0.15) is 0 Å². The molecule has 0 radical (unpaired) electrons. The molecule has 1 fully saturated rings. The number of aryl methyl sites for hydroxylation is 2. The zero-order chi connectivity index (χ0) is 15.6. The van der Waals surface area contributed by atoms with Crippen LogP contribution in [0.5, 0.6) is 0 Å². The molecule has 2 heterocycles. The second kappa shape index (κ2) is 6.36. The number of amides is 1. The minimum atomic E-state index is 0.0494. The molecule has 4 nitrogen and oxygen atoms in total. The maximum absolute atomic E-state index is 12.6. The molecule has 4 rings (SSSR count). The SMILES string of the molecule is O=C(NCCN1CCCC1)c1cccc2c3c([nH]c12)CCCC3. The fourth-order valence-electron chi connectivity index (χ4n) is 4.05. The predicted octanol–water partition coefficient (Wildman–Crippen LogP) is 2.87. The molecule has 2 aromatic rings. The van der Waals surface area contributed by atoms with E-state index in [-0.39, 0.29) is 5.91 Å². The highest BCUT2D eigenvalue weighted by molar-refractivity contribution is 6.06. The Labute approximate surface area is 137 Å². The zero-order valence-electron chi connectivity index (χ0n) is 13.7. The van der Waals surface area contributed by atoms with Gasteiger partial charge in [-0.1, -0.05) is 12.1 Å². The number of carbonyl (C=O) groups excluding carboxylic acids is 1. The summed E-state index contributed by atoms with van der Waals surface area (Å²) in [5.74, 6) is 0.0494. The molecular weight excluding hydrogens is 286 g/mol. The van der Waals surface area contributed by atoms with E-state index in [9.17, 15) is 4.79 Å². The summed E-state index contributed by atoms with van der Waals surface area (Å²) in [6.07, 6.45) is 7.33. The van der Waals surface area contributed by atoms with Crippen LogP contribution in [0.15, 0.2) is 18.2 Å². The van der Waals surface area contributed by atoms with Crippen LogP contribution in [0.2, 0.25) is 0 Å². The molecule has 1 saturated heterocycles. The smallest absolute Gasteiger partial charge is 0.253 e. The fraction of sp³-hybridized carbons (Fsp3) is 0.526. The number of aromatic nitrogens is 1. The van der Waals surface area contributed by atoms with Crippen LogP contribution in [0.1, 0.15) is 47.3 Å². The summed E-state index contributed by atoms with van der Waals surface area (Å²) >= 11 is 0. The summed E-state index contributed by atoms with van der Waals surface area (Å²) in [5.41, 5.74) is 4.58. The minimum absolute atomic E-state index is 0.0494. The number of H-pyrrole nitrogens is 1. The number of nitrogens with zero attached hydrogens (tertiary/aromatic N) is 1. The van der Waals surface area contributed by atoms with Gasteiger partial charge in [-0.05, 0) is 63.2 Å². The summed E-state index contributed by atoms with van der Waals surface area (Å²) in [4.78, 5) is 18.5. The number of rotatable bonds is 4. The van der Waals surface area contributed by atoms with Crippen LogP contribution in [-0.2, 0) is 12.8 Å². The number of hydrogen-bond acceptors (Lipinski definition) is 2. The number of carbonyl (C=O) groups is 1. The van der Waals surface area contributed by atoms with Gasteiger partial charge >= 0.3 is 0 Å². The van der Waals surface area contributed by atoms with E-state index in [4.69, 9.17) is 0 Å². The van der Waals surface area contributed by atoms with Crippen LogP contribution in [-0.4, -0.2) is 42.0 Å². The van der Waals surface area contributed by atoms with Crippen molar-refractivity contribution in [3.63, 3.8) is 0 Å². The maximum atomic E-state index is 12.6. The highest BCUT2D eigenvalue weighted by atomic mass is 16.1. The van der Waals surface area contributed by atoms with Crippen molar-refractivity contribution in [1.82, 2.24) is 15.2 Å². The van der Waals surface area contributed by atoms with Gasteiger partial charge in [0.1, 0.15) is 0 Å². The van der Waals surface area contributed by atoms with Gasteiger partial charge in [0, 0.05) is 24.2 Å². The zero-order valence-corrected chi connectivity index (χ0v) is 13.7. The number of likely N-dealkylation sites (tertiary alicyclic amines) is 1. The minimum Gasteiger partial charge on any atom is -0.358 e. The molecule has 23 heavy (non-hydrogen) atoms. The third-order valence-corrected chi connectivity index (χ3v) is 5.29. The normalized spacial score (nSPS) is 18.3. The van der Waals surface area contributed by atoms with Crippen molar-refractivity contribution in [2.75, 3.05) is 26.2 Å². The molecule has 4 heteroatoms. The largest absolute Gasteiger partial charge is 0.358 e. The lowest BCUT2D eigenvalue weighted by molar-refractivity contribution is 0.0951. The summed E-state index contributed by atoms with van der Waals surface area (Å²) in [6.45, 7) is 4.04. The average Bonchev–Trinajstić information content (AvgIpc) is 3.21. The predicted molar refractivity (Wildman–Crippen MR) is 92.9 cm³/mol. The summed E-state index contributed by atoms with van der Waals surface area (Å²) in [7, 11) is 0.